The van der Waals surface area contributed by atoms with Crippen LogP contribution in [0.25, 0.3) is 10.9 Å². The maximum absolute atomic E-state index is 5.65. The highest BCUT2D eigenvalue weighted by Crippen LogP contribution is 2.31. The van der Waals surface area contributed by atoms with E-state index in [1.165, 1.54) is 22.0 Å². The monoisotopic (exact) mass is 266 g/mol. The van der Waals surface area contributed by atoms with E-state index in [4.69, 9.17) is 5.73 Å². The lowest BCUT2D eigenvalue weighted by atomic mass is 10.1. The molecule has 0 aliphatic rings. The minimum Gasteiger partial charge on any atom is -0.338 e. The molecule has 2 rings (SSSR count). The van der Waals surface area contributed by atoms with Gasteiger partial charge in [0.2, 0.25) is 0 Å². The standard InChI is InChI=1S/C12H15BrN2/c1-8-4-3-5-10-11(8)9(6-7-14)12(13)15(10)2/h3-5H,6-7,14H2,1-2H3. The Morgan fingerprint density at radius 3 is 2.80 bits per heavy atom. The van der Waals surface area contributed by atoms with Gasteiger partial charge in [-0.2, -0.15) is 0 Å². The molecule has 0 fully saturated rings. The van der Waals surface area contributed by atoms with Crippen molar-refractivity contribution in [1.82, 2.24) is 4.57 Å². The summed E-state index contributed by atoms with van der Waals surface area (Å²) in [5.74, 6) is 0. The third-order valence-corrected chi connectivity index (χ3v) is 3.86. The summed E-state index contributed by atoms with van der Waals surface area (Å²) in [4.78, 5) is 0. The van der Waals surface area contributed by atoms with Gasteiger partial charge < -0.3 is 10.3 Å². The van der Waals surface area contributed by atoms with Crippen molar-refractivity contribution >= 4 is 26.8 Å². The highest BCUT2D eigenvalue weighted by atomic mass is 79.9. The number of hydrogen-bond acceptors (Lipinski definition) is 1. The number of fused-ring (bicyclic) bond motifs is 1. The third kappa shape index (κ3) is 1.60. The van der Waals surface area contributed by atoms with E-state index in [2.05, 4.69) is 52.7 Å². The van der Waals surface area contributed by atoms with E-state index in [0.29, 0.717) is 6.54 Å². The topological polar surface area (TPSA) is 30.9 Å². The van der Waals surface area contributed by atoms with Gasteiger partial charge >= 0.3 is 0 Å². The molecule has 0 aliphatic heterocycles. The summed E-state index contributed by atoms with van der Waals surface area (Å²) in [6.07, 6.45) is 0.919. The Bertz CT molecular complexity index is 500. The van der Waals surface area contributed by atoms with Crippen LogP contribution in [-0.4, -0.2) is 11.1 Å². The van der Waals surface area contributed by atoms with Crippen molar-refractivity contribution in [3.63, 3.8) is 0 Å². The summed E-state index contributed by atoms with van der Waals surface area (Å²) in [6, 6.07) is 6.39. The quantitative estimate of drug-likeness (QED) is 0.891. The van der Waals surface area contributed by atoms with Gasteiger partial charge in [-0.3, -0.25) is 0 Å². The molecule has 0 amide bonds. The van der Waals surface area contributed by atoms with E-state index in [9.17, 15) is 0 Å². The molecule has 2 nitrogen and oxygen atoms in total. The van der Waals surface area contributed by atoms with Crippen molar-refractivity contribution in [3.05, 3.63) is 33.9 Å². The molecule has 2 aromatic rings. The van der Waals surface area contributed by atoms with Gasteiger partial charge in [0, 0.05) is 18.0 Å². The molecule has 15 heavy (non-hydrogen) atoms. The summed E-state index contributed by atoms with van der Waals surface area (Å²) in [7, 11) is 2.08. The van der Waals surface area contributed by atoms with Crippen LogP contribution in [0.2, 0.25) is 0 Å². The Morgan fingerprint density at radius 1 is 1.40 bits per heavy atom. The SMILES string of the molecule is Cc1cccc2c1c(CCN)c(Br)n2C. The highest BCUT2D eigenvalue weighted by molar-refractivity contribution is 9.10. The van der Waals surface area contributed by atoms with Crippen LogP contribution in [0.5, 0.6) is 0 Å². The smallest absolute Gasteiger partial charge is 0.0887 e. The molecule has 0 atom stereocenters. The molecule has 80 valence electrons. The van der Waals surface area contributed by atoms with E-state index in [1.54, 1.807) is 0 Å². The molecule has 0 bridgehead atoms. The minimum absolute atomic E-state index is 0.687. The van der Waals surface area contributed by atoms with Crippen LogP contribution in [0, 0.1) is 6.92 Å². The fourth-order valence-electron chi connectivity index (χ4n) is 2.11. The van der Waals surface area contributed by atoms with E-state index in [1.807, 2.05) is 0 Å². The van der Waals surface area contributed by atoms with Crippen molar-refractivity contribution in [2.45, 2.75) is 13.3 Å². The number of nitrogens with zero attached hydrogens (tertiary/aromatic N) is 1. The van der Waals surface area contributed by atoms with Crippen LogP contribution in [0.15, 0.2) is 22.8 Å². The zero-order valence-electron chi connectivity index (χ0n) is 9.05. The molecule has 0 spiro atoms. The number of halogens is 1. The number of rotatable bonds is 2. The lowest BCUT2D eigenvalue weighted by Gasteiger charge is -2.00. The molecular formula is C12H15BrN2. The number of nitrogens with two attached hydrogens (primary N) is 1. The summed E-state index contributed by atoms with van der Waals surface area (Å²) >= 11 is 3.64. The van der Waals surface area contributed by atoms with Gasteiger partial charge in [0.15, 0.2) is 0 Å². The summed E-state index contributed by atoms with van der Waals surface area (Å²) < 4.78 is 3.32. The molecule has 3 heteroatoms. The van der Waals surface area contributed by atoms with Crippen molar-refractivity contribution < 1.29 is 0 Å². The molecular weight excluding hydrogens is 252 g/mol. The predicted octanol–water partition coefficient (Wildman–Crippen LogP) is 2.75. The van der Waals surface area contributed by atoms with Gasteiger partial charge in [-0.25, -0.2) is 0 Å². The van der Waals surface area contributed by atoms with Gasteiger partial charge in [-0.15, -0.1) is 0 Å². The number of aryl methyl sites for hydroxylation is 2. The second kappa shape index (κ2) is 3.99. The first-order chi connectivity index (χ1) is 7.16. The summed E-state index contributed by atoms with van der Waals surface area (Å²) in [6.45, 7) is 2.83. The van der Waals surface area contributed by atoms with E-state index in [0.717, 1.165) is 11.0 Å². The van der Waals surface area contributed by atoms with Crippen LogP contribution >= 0.6 is 15.9 Å². The maximum Gasteiger partial charge on any atom is 0.0887 e. The first-order valence-corrected chi connectivity index (χ1v) is 5.88. The average molecular weight is 267 g/mol. The van der Waals surface area contributed by atoms with Crippen LogP contribution in [0.4, 0.5) is 0 Å². The molecule has 2 N–H and O–H groups in total. The third-order valence-electron chi connectivity index (χ3n) is 2.85. The number of aromatic nitrogens is 1. The number of hydrogen-bond donors (Lipinski definition) is 1. The largest absolute Gasteiger partial charge is 0.338 e. The van der Waals surface area contributed by atoms with Gasteiger partial charge in [0.05, 0.1) is 4.60 Å². The lowest BCUT2D eigenvalue weighted by Crippen LogP contribution is -2.03. The van der Waals surface area contributed by atoms with Crippen molar-refractivity contribution in [3.8, 4) is 0 Å². The molecule has 0 saturated carbocycles. The Morgan fingerprint density at radius 2 is 2.13 bits per heavy atom. The Labute approximate surface area is 98.2 Å². The average Bonchev–Trinajstić information content (AvgIpc) is 2.46. The zero-order chi connectivity index (χ0) is 11.0. The Balaban J connectivity index is 2.82. The molecule has 0 unspecified atom stereocenters. The summed E-state index contributed by atoms with van der Waals surface area (Å²) in [5, 5.41) is 1.34. The molecule has 1 aromatic heterocycles. The Kier molecular flexibility index (Phi) is 2.85. The summed E-state index contributed by atoms with van der Waals surface area (Å²) in [5.41, 5.74) is 9.56. The van der Waals surface area contributed by atoms with E-state index in [-0.39, 0.29) is 0 Å². The van der Waals surface area contributed by atoms with Crippen LogP contribution < -0.4 is 5.73 Å². The van der Waals surface area contributed by atoms with E-state index >= 15 is 0 Å². The fraction of sp³-hybridized carbons (Fsp3) is 0.333. The van der Waals surface area contributed by atoms with Gasteiger partial charge in [0.25, 0.3) is 0 Å². The van der Waals surface area contributed by atoms with Crippen LogP contribution in [-0.2, 0) is 13.5 Å². The number of benzene rings is 1. The molecule has 0 aliphatic carbocycles. The predicted molar refractivity (Wildman–Crippen MR) is 68.1 cm³/mol. The second-order valence-electron chi connectivity index (χ2n) is 3.84. The highest BCUT2D eigenvalue weighted by Gasteiger charge is 2.13. The molecule has 1 heterocycles. The molecule has 0 saturated heterocycles. The van der Waals surface area contributed by atoms with E-state index < -0.39 is 0 Å². The van der Waals surface area contributed by atoms with Gasteiger partial charge in [0.1, 0.15) is 0 Å². The first-order valence-electron chi connectivity index (χ1n) is 5.09. The van der Waals surface area contributed by atoms with Crippen LogP contribution in [0.3, 0.4) is 0 Å². The zero-order valence-corrected chi connectivity index (χ0v) is 10.6. The molecule has 1 aromatic carbocycles. The normalized spacial score (nSPS) is 11.2. The lowest BCUT2D eigenvalue weighted by molar-refractivity contribution is 0.903. The Hall–Kier alpha value is -0.800. The van der Waals surface area contributed by atoms with Crippen molar-refractivity contribution in [2.75, 3.05) is 6.54 Å². The second-order valence-corrected chi connectivity index (χ2v) is 4.59. The fourth-order valence-corrected chi connectivity index (χ4v) is 2.70. The first kappa shape index (κ1) is 10.7. The van der Waals surface area contributed by atoms with Crippen molar-refractivity contribution in [1.29, 1.82) is 0 Å². The minimum atomic E-state index is 0.687. The molecule has 0 radical (unpaired) electrons. The van der Waals surface area contributed by atoms with Gasteiger partial charge in [-0.05, 0) is 53.0 Å². The van der Waals surface area contributed by atoms with Crippen molar-refractivity contribution in [2.24, 2.45) is 12.8 Å². The maximum atomic E-state index is 5.65. The van der Waals surface area contributed by atoms with Crippen LogP contribution in [0.1, 0.15) is 11.1 Å². The van der Waals surface area contributed by atoms with Gasteiger partial charge in [-0.1, -0.05) is 12.1 Å².